The monoisotopic (exact) mass is 324 g/mol. The van der Waals surface area contributed by atoms with Gasteiger partial charge < -0.3 is 14.5 Å². The van der Waals surface area contributed by atoms with Gasteiger partial charge in [0, 0.05) is 16.5 Å². The van der Waals surface area contributed by atoms with Crippen LogP contribution in [0.15, 0.2) is 47.1 Å². The second-order valence-corrected chi connectivity index (χ2v) is 6.14. The van der Waals surface area contributed by atoms with Crippen molar-refractivity contribution in [1.82, 2.24) is 9.97 Å². The summed E-state index contributed by atoms with van der Waals surface area (Å²) in [6.45, 7) is 1.71. The van der Waals surface area contributed by atoms with Crippen molar-refractivity contribution in [2.75, 3.05) is 0 Å². The molecule has 3 heterocycles. The van der Waals surface area contributed by atoms with Crippen molar-refractivity contribution < 1.29 is 14.3 Å². The summed E-state index contributed by atoms with van der Waals surface area (Å²) in [6, 6.07) is 11.6. The molecular formula is C17H12N2O3S. The Kier molecular flexibility index (Phi) is 3.06. The molecule has 5 nitrogen and oxygen atoms in total. The summed E-state index contributed by atoms with van der Waals surface area (Å²) in [7, 11) is 0. The lowest BCUT2D eigenvalue weighted by atomic mass is 10.1. The van der Waals surface area contributed by atoms with Crippen molar-refractivity contribution in [3.05, 3.63) is 53.2 Å². The van der Waals surface area contributed by atoms with E-state index < -0.39 is 5.97 Å². The number of benzene rings is 1. The van der Waals surface area contributed by atoms with Gasteiger partial charge in [0.05, 0.1) is 17.7 Å². The topological polar surface area (TPSA) is 79.1 Å². The molecule has 0 bridgehead atoms. The number of aromatic amines is 1. The van der Waals surface area contributed by atoms with E-state index in [0.29, 0.717) is 16.5 Å². The normalized spacial score (nSPS) is 11.2. The van der Waals surface area contributed by atoms with Crippen molar-refractivity contribution in [3.8, 4) is 22.0 Å². The molecule has 23 heavy (non-hydrogen) atoms. The van der Waals surface area contributed by atoms with Crippen molar-refractivity contribution in [2.24, 2.45) is 0 Å². The maximum atomic E-state index is 11.3. The second kappa shape index (κ2) is 5.10. The Morgan fingerprint density at radius 2 is 2.09 bits per heavy atom. The summed E-state index contributed by atoms with van der Waals surface area (Å²) in [4.78, 5) is 19.4. The van der Waals surface area contributed by atoms with Gasteiger partial charge in [0.25, 0.3) is 0 Å². The van der Waals surface area contributed by atoms with E-state index in [2.05, 4.69) is 9.97 Å². The quantitative estimate of drug-likeness (QED) is 0.579. The molecule has 0 spiro atoms. The fourth-order valence-corrected chi connectivity index (χ4v) is 3.64. The molecule has 0 saturated carbocycles. The van der Waals surface area contributed by atoms with Crippen LogP contribution in [0.1, 0.15) is 15.4 Å². The van der Waals surface area contributed by atoms with E-state index in [0.717, 1.165) is 22.2 Å². The van der Waals surface area contributed by atoms with E-state index in [4.69, 9.17) is 4.42 Å². The number of furan rings is 1. The van der Waals surface area contributed by atoms with Gasteiger partial charge in [-0.1, -0.05) is 18.2 Å². The van der Waals surface area contributed by atoms with E-state index in [9.17, 15) is 9.90 Å². The van der Waals surface area contributed by atoms with Gasteiger partial charge in [0.2, 0.25) is 0 Å². The number of carbonyl (C=O) groups is 1. The number of fused-ring (bicyclic) bond motifs is 1. The number of para-hydroxylation sites is 1. The lowest BCUT2D eigenvalue weighted by Gasteiger charge is -1.98. The van der Waals surface area contributed by atoms with Gasteiger partial charge in [0.1, 0.15) is 9.88 Å². The average molecular weight is 324 g/mol. The summed E-state index contributed by atoms with van der Waals surface area (Å²) in [6.07, 6.45) is 1.61. The SMILES string of the molecule is Cc1nc(-c2c(-c3ccco3)[nH]c3ccccc23)sc1C(=O)O. The highest BCUT2D eigenvalue weighted by Crippen LogP contribution is 2.40. The Labute approximate surface area is 135 Å². The molecule has 0 amide bonds. The number of hydrogen-bond donors (Lipinski definition) is 2. The van der Waals surface area contributed by atoms with Gasteiger partial charge >= 0.3 is 5.97 Å². The van der Waals surface area contributed by atoms with Gasteiger partial charge in [-0.3, -0.25) is 0 Å². The number of carboxylic acid groups (broad SMARTS) is 1. The molecule has 0 aliphatic carbocycles. The predicted octanol–water partition coefficient (Wildman–Crippen LogP) is 4.56. The average Bonchev–Trinajstić information content (AvgIpc) is 3.23. The zero-order valence-electron chi connectivity index (χ0n) is 12.2. The molecule has 1 aromatic carbocycles. The van der Waals surface area contributed by atoms with Gasteiger partial charge in [-0.25, -0.2) is 9.78 Å². The van der Waals surface area contributed by atoms with Gasteiger partial charge in [-0.05, 0) is 25.1 Å². The molecule has 0 fully saturated rings. The highest BCUT2D eigenvalue weighted by atomic mass is 32.1. The summed E-state index contributed by atoms with van der Waals surface area (Å²) in [5.74, 6) is -0.258. The van der Waals surface area contributed by atoms with Crippen molar-refractivity contribution in [1.29, 1.82) is 0 Å². The van der Waals surface area contributed by atoms with Gasteiger partial charge in [0.15, 0.2) is 5.76 Å². The summed E-state index contributed by atoms with van der Waals surface area (Å²) >= 11 is 1.18. The number of rotatable bonds is 3. The number of nitrogens with zero attached hydrogens (tertiary/aromatic N) is 1. The smallest absolute Gasteiger partial charge is 0.347 e. The first-order valence-electron chi connectivity index (χ1n) is 7.01. The highest BCUT2D eigenvalue weighted by molar-refractivity contribution is 7.17. The molecule has 114 valence electrons. The van der Waals surface area contributed by atoms with Crippen LogP contribution in [0, 0.1) is 6.92 Å². The van der Waals surface area contributed by atoms with Crippen LogP contribution in [-0.4, -0.2) is 21.0 Å². The first-order chi connectivity index (χ1) is 11.1. The Bertz CT molecular complexity index is 1010. The lowest BCUT2D eigenvalue weighted by Crippen LogP contribution is -1.94. The minimum atomic E-state index is -0.953. The molecule has 0 saturated heterocycles. The summed E-state index contributed by atoms with van der Waals surface area (Å²) < 4.78 is 5.53. The largest absolute Gasteiger partial charge is 0.477 e. The van der Waals surface area contributed by atoms with Crippen molar-refractivity contribution in [2.45, 2.75) is 6.92 Å². The lowest BCUT2D eigenvalue weighted by molar-refractivity contribution is 0.0701. The van der Waals surface area contributed by atoms with Crippen LogP contribution in [0.25, 0.3) is 32.9 Å². The number of aromatic carboxylic acids is 1. The molecule has 0 aliphatic heterocycles. The maximum absolute atomic E-state index is 11.3. The molecule has 3 aromatic heterocycles. The van der Waals surface area contributed by atoms with Crippen LogP contribution in [0.4, 0.5) is 0 Å². The number of hydrogen-bond acceptors (Lipinski definition) is 4. The van der Waals surface area contributed by atoms with Crippen LogP contribution in [0.3, 0.4) is 0 Å². The van der Waals surface area contributed by atoms with Crippen LogP contribution in [0.2, 0.25) is 0 Å². The first-order valence-corrected chi connectivity index (χ1v) is 7.82. The zero-order chi connectivity index (χ0) is 16.0. The Balaban J connectivity index is 2.03. The van der Waals surface area contributed by atoms with Crippen LogP contribution >= 0.6 is 11.3 Å². The summed E-state index contributed by atoms with van der Waals surface area (Å²) in [5.41, 5.74) is 3.16. The van der Waals surface area contributed by atoms with Crippen LogP contribution in [-0.2, 0) is 0 Å². The fourth-order valence-electron chi connectivity index (χ4n) is 2.67. The molecule has 2 N–H and O–H groups in total. The van der Waals surface area contributed by atoms with Gasteiger partial charge in [-0.15, -0.1) is 11.3 Å². The molecular weight excluding hydrogens is 312 g/mol. The molecule has 0 radical (unpaired) electrons. The number of thiazole rings is 1. The van der Waals surface area contributed by atoms with E-state index in [1.54, 1.807) is 13.2 Å². The number of nitrogens with one attached hydrogen (secondary N) is 1. The first kappa shape index (κ1) is 13.8. The molecule has 0 aliphatic rings. The molecule has 0 unspecified atom stereocenters. The van der Waals surface area contributed by atoms with E-state index in [1.807, 2.05) is 36.4 Å². The number of carboxylic acids is 1. The third-order valence-corrected chi connectivity index (χ3v) is 4.84. The number of H-pyrrole nitrogens is 1. The number of aromatic nitrogens is 2. The molecule has 6 heteroatoms. The standard InChI is InChI=1S/C17H12N2O3S/c1-9-15(17(20)21)23-16(18-9)13-10-5-2-3-6-11(10)19-14(13)12-7-4-8-22-12/h2-8,19H,1H3,(H,20,21). The van der Waals surface area contributed by atoms with Crippen LogP contribution < -0.4 is 0 Å². The molecule has 4 aromatic rings. The molecule has 4 rings (SSSR count). The number of aryl methyl sites for hydroxylation is 1. The minimum absolute atomic E-state index is 0.260. The zero-order valence-corrected chi connectivity index (χ0v) is 13.0. The summed E-state index contributed by atoms with van der Waals surface area (Å²) in [5, 5.41) is 10.9. The van der Waals surface area contributed by atoms with Gasteiger partial charge in [-0.2, -0.15) is 0 Å². The van der Waals surface area contributed by atoms with Crippen molar-refractivity contribution >= 4 is 28.2 Å². The fraction of sp³-hybridized carbons (Fsp3) is 0.0588. The van der Waals surface area contributed by atoms with Crippen molar-refractivity contribution in [3.63, 3.8) is 0 Å². The third-order valence-electron chi connectivity index (χ3n) is 3.68. The molecule has 0 atom stereocenters. The maximum Gasteiger partial charge on any atom is 0.347 e. The third kappa shape index (κ3) is 2.15. The van der Waals surface area contributed by atoms with E-state index in [1.165, 1.54) is 11.3 Å². The van der Waals surface area contributed by atoms with Crippen LogP contribution in [0.5, 0.6) is 0 Å². The Morgan fingerprint density at radius 3 is 2.78 bits per heavy atom. The van der Waals surface area contributed by atoms with E-state index >= 15 is 0 Å². The predicted molar refractivity (Wildman–Crippen MR) is 88.8 cm³/mol. The minimum Gasteiger partial charge on any atom is -0.477 e. The second-order valence-electron chi connectivity index (χ2n) is 5.14. The highest BCUT2D eigenvalue weighted by Gasteiger charge is 2.22. The van der Waals surface area contributed by atoms with E-state index in [-0.39, 0.29) is 4.88 Å². The Hall–Kier alpha value is -2.86. The Morgan fingerprint density at radius 1 is 1.26 bits per heavy atom.